The fraction of sp³-hybridized carbons (Fsp3) is 0. The largest absolute Gasteiger partial charge is 0.208 e. The Morgan fingerprint density at radius 1 is 0.273 bits per heavy atom. The summed E-state index contributed by atoms with van der Waals surface area (Å²) < 4.78 is 0. The van der Waals surface area contributed by atoms with Crippen LogP contribution < -0.4 is 0 Å². The summed E-state index contributed by atoms with van der Waals surface area (Å²) in [6.07, 6.45) is 0. The predicted molar refractivity (Wildman–Crippen MR) is 273 cm³/mol. The Hall–Kier alpha value is -9.04. The molecule has 304 valence electrons. The molecule has 0 aliphatic carbocycles. The second kappa shape index (κ2) is 15.1. The molecule has 12 aromatic carbocycles. The quantitative estimate of drug-likeness (QED) is 0.157. The van der Waals surface area contributed by atoms with Crippen LogP contribution >= 0.6 is 0 Å². The van der Waals surface area contributed by atoms with E-state index in [-0.39, 0.29) is 0 Å². The Labute approximate surface area is 380 Å². The van der Waals surface area contributed by atoms with Gasteiger partial charge in [-0.15, -0.1) is 0 Å². The molecular weight excluding hydrogens is 801 g/mol. The molecule has 0 radical (unpaired) electrons. The highest BCUT2D eigenvalue weighted by Crippen LogP contribution is 2.45. The molecule has 4 nitrogen and oxygen atoms in total. The average Bonchev–Trinajstić information content (AvgIpc) is 3.39. The lowest BCUT2D eigenvalue weighted by Gasteiger charge is -2.18. The van der Waals surface area contributed by atoms with E-state index in [0.717, 1.165) is 44.5 Å². The molecule has 13 rings (SSSR count). The van der Waals surface area contributed by atoms with E-state index in [9.17, 15) is 5.26 Å². The maximum Gasteiger partial charge on any atom is 0.164 e. The van der Waals surface area contributed by atoms with E-state index in [1.807, 2.05) is 72.8 Å². The van der Waals surface area contributed by atoms with Gasteiger partial charge in [0.1, 0.15) is 0 Å². The Bertz CT molecular complexity index is 4090. The zero-order valence-electron chi connectivity index (χ0n) is 35.6. The molecule has 4 heteroatoms. The number of benzene rings is 11. The topological polar surface area (TPSA) is 62.5 Å². The molecule has 13 aromatic rings. The van der Waals surface area contributed by atoms with Gasteiger partial charge in [-0.1, -0.05) is 194 Å². The minimum atomic E-state index is 0.579. The Balaban J connectivity index is 0.969. The smallest absolute Gasteiger partial charge is 0.164 e. The lowest BCUT2D eigenvalue weighted by molar-refractivity contribution is 1.07. The molecule has 0 saturated heterocycles. The molecule has 0 unspecified atom stereocenters. The molecule has 0 saturated carbocycles. The van der Waals surface area contributed by atoms with Crippen molar-refractivity contribution in [2.45, 2.75) is 0 Å². The molecule has 1 heterocycles. The van der Waals surface area contributed by atoms with Crippen LogP contribution in [0.25, 0.3) is 132 Å². The third-order valence-electron chi connectivity index (χ3n) is 13.3. The van der Waals surface area contributed by atoms with Gasteiger partial charge < -0.3 is 0 Å². The van der Waals surface area contributed by atoms with Gasteiger partial charge in [-0.2, -0.15) is 5.26 Å². The van der Waals surface area contributed by atoms with Gasteiger partial charge in [0, 0.05) is 16.7 Å². The van der Waals surface area contributed by atoms with Gasteiger partial charge in [-0.25, -0.2) is 15.0 Å². The van der Waals surface area contributed by atoms with Gasteiger partial charge in [0.05, 0.1) is 11.6 Å². The Kier molecular flexibility index (Phi) is 8.56. The van der Waals surface area contributed by atoms with Gasteiger partial charge >= 0.3 is 0 Å². The fourth-order valence-corrected chi connectivity index (χ4v) is 10.2. The summed E-state index contributed by atoms with van der Waals surface area (Å²) in [5.74, 6) is 1.77. The van der Waals surface area contributed by atoms with E-state index in [0.29, 0.717) is 23.0 Å². The van der Waals surface area contributed by atoms with Crippen molar-refractivity contribution >= 4 is 64.6 Å². The summed E-state index contributed by atoms with van der Waals surface area (Å²) in [6.45, 7) is 0. The Morgan fingerprint density at radius 3 is 1.24 bits per heavy atom. The van der Waals surface area contributed by atoms with Crippen molar-refractivity contribution in [3.05, 3.63) is 224 Å². The summed E-state index contributed by atoms with van der Waals surface area (Å²) in [5.41, 5.74) is 9.83. The van der Waals surface area contributed by atoms with E-state index < -0.39 is 0 Å². The molecule has 0 spiro atoms. The van der Waals surface area contributed by atoms with Crippen molar-refractivity contribution in [1.82, 2.24) is 15.0 Å². The van der Waals surface area contributed by atoms with E-state index in [1.165, 1.54) is 70.2 Å². The number of nitrogens with zero attached hydrogens (tertiary/aromatic N) is 4. The van der Waals surface area contributed by atoms with Crippen molar-refractivity contribution in [2.24, 2.45) is 0 Å². The first-order chi connectivity index (χ1) is 32.7. The van der Waals surface area contributed by atoms with Crippen LogP contribution in [0.2, 0.25) is 0 Å². The fourth-order valence-electron chi connectivity index (χ4n) is 10.2. The summed E-state index contributed by atoms with van der Waals surface area (Å²) in [4.78, 5) is 15.3. The van der Waals surface area contributed by atoms with E-state index in [2.05, 4.69) is 152 Å². The lowest BCUT2D eigenvalue weighted by atomic mass is 9.85. The van der Waals surface area contributed by atoms with Gasteiger partial charge in [-0.05, 0) is 122 Å². The molecule has 0 fully saturated rings. The molecule has 66 heavy (non-hydrogen) atoms. The average molecular weight is 837 g/mol. The molecule has 1 aromatic heterocycles. The van der Waals surface area contributed by atoms with Gasteiger partial charge in [0.2, 0.25) is 0 Å². The standard InChI is InChI=1S/C62H36N4/c63-37-38-23-25-39(26-24-38)49-17-6-7-19-54(49)62-65-60(44-11-2-1-3-12-44)64-61(66-62)45-32-27-40(28-33-45)48-16-4-5-18-50(48)47-35-46-34-31-43-14-9-21-52-51-20-8-13-41-29-30-42-15-10-22-53(58(42)56(41)51)55(36-47)59(46)57(43)52/h1-36H. The number of aromatic nitrogens is 3. The second-order valence-corrected chi connectivity index (χ2v) is 17.0. The summed E-state index contributed by atoms with van der Waals surface area (Å²) in [6, 6.07) is 79.6. The Morgan fingerprint density at radius 2 is 0.682 bits per heavy atom. The van der Waals surface area contributed by atoms with Gasteiger partial charge in [0.25, 0.3) is 0 Å². The van der Waals surface area contributed by atoms with Crippen molar-refractivity contribution in [2.75, 3.05) is 0 Å². The normalized spacial score (nSPS) is 11.6. The third-order valence-corrected chi connectivity index (χ3v) is 13.3. The van der Waals surface area contributed by atoms with E-state index >= 15 is 0 Å². The van der Waals surface area contributed by atoms with Crippen LogP contribution in [0, 0.1) is 11.3 Å². The molecule has 0 aliphatic heterocycles. The molecule has 0 N–H and O–H groups in total. The minimum absolute atomic E-state index is 0.579. The third kappa shape index (κ3) is 6.03. The van der Waals surface area contributed by atoms with Crippen molar-refractivity contribution in [1.29, 1.82) is 5.26 Å². The molecule has 0 aliphatic rings. The van der Waals surface area contributed by atoms with Crippen LogP contribution in [-0.4, -0.2) is 15.0 Å². The van der Waals surface area contributed by atoms with E-state index in [1.54, 1.807) is 0 Å². The first-order valence-electron chi connectivity index (χ1n) is 22.2. The van der Waals surface area contributed by atoms with Crippen LogP contribution in [0.1, 0.15) is 5.56 Å². The number of fused-ring (bicyclic) bond motifs is 2. The van der Waals surface area contributed by atoms with Crippen LogP contribution in [0.4, 0.5) is 0 Å². The second-order valence-electron chi connectivity index (χ2n) is 17.0. The van der Waals surface area contributed by atoms with Crippen molar-refractivity contribution < 1.29 is 0 Å². The zero-order valence-corrected chi connectivity index (χ0v) is 35.6. The van der Waals surface area contributed by atoms with Crippen LogP contribution in [0.15, 0.2) is 218 Å². The van der Waals surface area contributed by atoms with Crippen molar-refractivity contribution in [3.63, 3.8) is 0 Å². The van der Waals surface area contributed by atoms with Gasteiger partial charge in [0.15, 0.2) is 17.5 Å². The highest BCUT2D eigenvalue weighted by atomic mass is 15.0. The summed E-state index contributed by atoms with van der Waals surface area (Å²) >= 11 is 0. The number of hydrogen-bond donors (Lipinski definition) is 0. The van der Waals surface area contributed by atoms with Crippen molar-refractivity contribution in [3.8, 4) is 73.6 Å². The van der Waals surface area contributed by atoms with Crippen LogP contribution in [-0.2, 0) is 0 Å². The first kappa shape index (κ1) is 37.5. The number of hydrogen-bond acceptors (Lipinski definition) is 4. The maximum atomic E-state index is 9.45. The molecule has 0 bridgehead atoms. The van der Waals surface area contributed by atoms with Crippen LogP contribution in [0.3, 0.4) is 0 Å². The highest BCUT2D eigenvalue weighted by molar-refractivity contribution is 6.37. The maximum absolute atomic E-state index is 9.45. The number of nitriles is 1. The van der Waals surface area contributed by atoms with E-state index in [4.69, 9.17) is 15.0 Å². The van der Waals surface area contributed by atoms with Gasteiger partial charge in [-0.3, -0.25) is 0 Å². The molecule has 0 atom stereocenters. The first-order valence-corrected chi connectivity index (χ1v) is 22.2. The number of rotatable bonds is 6. The molecular formula is C62H36N4. The summed E-state index contributed by atoms with van der Waals surface area (Å²) in [5, 5.41) is 24.7. The highest BCUT2D eigenvalue weighted by Gasteiger charge is 2.19. The minimum Gasteiger partial charge on any atom is -0.208 e. The lowest BCUT2D eigenvalue weighted by Crippen LogP contribution is -2.01. The monoisotopic (exact) mass is 836 g/mol. The SMILES string of the molecule is N#Cc1ccc(-c2ccccc2-c2nc(-c3ccccc3)nc(-c3ccc(-c4ccccc4-c4cc5ccc6cccc7c8cccc9ccc%10cccc(c(c4)c5c67)c%10c98)cc3)n2)cc1. The molecule has 0 amide bonds. The summed E-state index contributed by atoms with van der Waals surface area (Å²) in [7, 11) is 0. The zero-order chi connectivity index (χ0) is 43.7. The van der Waals surface area contributed by atoms with Crippen LogP contribution in [0.5, 0.6) is 0 Å². The predicted octanol–water partition coefficient (Wildman–Crippen LogP) is 16.1.